The average Bonchev–Trinajstić information content (AvgIpc) is 2.70. The van der Waals surface area contributed by atoms with Gasteiger partial charge in [-0.1, -0.05) is 63.4 Å². The van der Waals surface area contributed by atoms with Gasteiger partial charge in [0, 0.05) is 12.6 Å². The van der Waals surface area contributed by atoms with Gasteiger partial charge in [0.15, 0.2) is 0 Å². The van der Waals surface area contributed by atoms with Crippen LogP contribution in [0, 0.1) is 25.3 Å². The molecule has 0 spiro atoms. The van der Waals surface area contributed by atoms with Crippen molar-refractivity contribution in [1.29, 1.82) is 0 Å². The zero-order valence-electron chi connectivity index (χ0n) is 21.0. The van der Waals surface area contributed by atoms with Crippen molar-refractivity contribution >= 4 is 17.9 Å². The SMILES string of the molecule is C#CN(C(=O)C(CC(C)C)NC(=O)OC(C)(C)C)C(C(=O)NCCCC)c1ccc(C)cc1. The topological polar surface area (TPSA) is 87.7 Å². The van der Waals surface area contributed by atoms with Crippen molar-refractivity contribution in [3.63, 3.8) is 0 Å². The number of hydrogen-bond donors (Lipinski definition) is 2. The molecule has 0 bridgehead atoms. The standard InChI is InChI=1S/C26H39N3O4/c1-9-11-16-27-23(30)22(20-14-12-19(5)13-15-20)29(10-2)24(31)21(17-18(3)4)28-25(32)33-26(6,7)8/h2,12-15,18,21-22H,9,11,16-17H2,1,3-8H3,(H,27,30)(H,28,32). The van der Waals surface area contributed by atoms with Gasteiger partial charge in [-0.15, -0.1) is 0 Å². The summed E-state index contributed by atoms with van der Waals surface area (Å²) in [7, 11) is 0. The largest absolute Gasteiger partial charge is 0.444 e. The number of nitrogens with zero attached hydrogens (tertiary/aromatic N) is 1. The molecule has 1 rings (SSSR count). The highest BCUT2D eigenvalue weighted by Gasteiger charge is 2.36. The van der Waals surface area contributed by atoms with Crippen molar-refractivity contribution in [2.45, 2.75) is 85.4 Å². The Labute approximate surface area is 198 Å². The lowest BCUT2D eigenvalue weighted by Gasteiger charge is -2.31. The first-order chi connectivity index (χ1) is 15.4. The Kier molecular flexibility index (Phi) is 10.9. The quantitative estimate of drug-likeness (QED) is 0.311. The number of ether oxygens (including phenoxy) is 1. The van der Waals surface area contributed by atoms with Gasteiger partial charge in [-0.3, -0.25) is 14.5 Å². The second-order valence-electron chi connectivity index (χ2n) is 9.62. The summed E-state index contributed by atoms with van der Waals surface area (Å²) in [6, 6.07) is 7.74. The average molecular weight is 458 g/mol. The highest BCUT2D eigenvalue weighted by molar-refractivity contribution is 5.93. The maximum absolute atomic E-state index is 13.6. The van der Waals surface area contributed by atoms with Crippen molar-refractivity contribution in [3.8, 4) is 12.5 Å². The zero-order valence-corrected chi connectivity index (χ0v) is 21.0. The van der Waals surface area contributed by atoms with Crippen LogP contribution < -0.4 is 10.6 Å². The van der Waals surface area contributed by atoms with E-state index in [0.717, 1.165) is 23.3 Å². The van der Waals surface area contributed by atoms with E-state index in [1.54, 1.807) is 32.9 Å². The molecule has 0 aliphatic heterocycles. The van der Waals surface area contributed by atoms with Crippen LogP contribution in [0.3, 0.4) is 0 Å². The molecule has 1 aromatic carbocycles. The Bertz CT molecular complexity index is 835. The lowest BCUT2D eigenvalue weighted by atomic mass is 9.99. The number of terminal acetylenes is 1. The van der Waals surface area contributed by atoms with Crippen LogP contribution in [0.2, 0.25) is 0 Å². The van der Waals surface area contributed by atoms with Gasteiger partial charge in [0.05, 0.1) is 0 Å². The number of carbonyl (C=O) groups is 3. The van der Waals surface area contributed by atoms with Crippen LogP contribution >= 0.6 is 0 Å². The van der Waals surface area contributed by atoms with E-state index in [9.17, 15) is 14.4 Å². The van der Waals surface area contributed by atoms with E-state index in [4.69, 9.17) is 11.2 Å². The van der Waals surface area contributed by atoms with Crippen LogP contribution in [0.25, 0.3) is 0 Å². The number of carbonyl (C=O) groups excluding carboxylic acids is 3. The molecule has 0 heterocycles. The highest BCUT2D eigenvalue weighted by atomic mass is 16.6. The summed E-state index contributed by atoms with van der Waals surface area (Å²) in [5.41, 5.74) is 0.901. The van der Waals surface area contributed by atoms with Crippen molar-refractivity contribution in [2.75, 3.05) is 6.54 Å². The number of hydrogen-bond acceptors (Lipinski definition) is 4. The number of amides is 3. The number of aryl methyl sites for hydroxylation is 1. The first kappa shape index (κ1) is 28.0. The third-order valence-corrected chi connectivity index (χ3v) is 4.80. The smallest absolute Gasteiger partial charge is 0.408 e. The molecule has 0 aromatic heterocycles. The molecule has 0 radical (unpaired) electrons. The molecular weight excluding hydrogens is 418 g/mol. The monoisotopic (exact) mass is 457 g/mol. The third kappa shape index (κ3) is 9.56. The maximum Gasteiger partial charge on any atom is 0.408 e. The van der Waals surface area contributed by atoms with E-state index in [1.165, 1.54) is 0 Å². The summed E-state index contributed by atoms with van der Waals surface area (Å²) >= 11 is 0. The number of nitrogens with one attached hydrogen (secondary N) is 2. The molecule has 33 heavy (non-hydrogen) atoms. The van der Waals surface area contributed by atoms with Gasteiger partial charge in [-0.05, 0) is 52.0 Å². The Morgan fingerprint density at radius 1 is 1.15 bits per heavy atom. The van der Waals surface area contributed by atoms with Gasteiger partial charge >= 0.3 is 6.09 Å². The van der Waals surface area contributed by atoms with E-state index >= 15 is 0 Å². The Balaban J connectivity index is 3.29. The van der Waals surface area contributed by atoms with E-state index in [1.807, 2.05) is 39.8 Å². The fraction of sp³-hybridized carbons (Fsp3) is 0.577. The number of alkyl carbamates (subject to hydrolysis) is 1. The molecule has 7 nitrogen and oxygen atoms in total. The lowest BCUT2D eigenvalue weighted by molar-refractivity contribution is -0.138. The molecule has 7 heteroatoms. The van der Waals surface area contributed by atoms with Gasteiger partial charge in [0.2, 0.25) is 5.91 Å². The van der Waals surface area contributed by atoms with E-state index in [-0.39, 0.29) is 11.8 Å². The summed E-state index contributed by atoms with van der Waals surface area (Å²) in [5.74, 6) is -0.808. The molecule has 0 aliphatic rings. The number of benzene rings is 1. The van der Waals surface area contributed by atoms with Gasteiger partial charge in [0.25, 0.3) is 5.91 Å². The van der Waals surface area contributed by atoms with Gasteiger partial charge in [-0.25, -0.2) is 4.79 Å². The summed E-state index contributed by atoms with van der Waals surface area (Å²) < 4.78 is 5.33. The first-order valence-electron chi connectivity index (χ1n) is 11.5. The van der Waals surface area contributed by atoms with Crippen molar-refractivity contribution < 1.29 is 19.1 Å². The van der Waals surface area contributed by atoms with E-state index in [0.29, 0.717) is 18.5 Å². The molecule has 182 valence electrons. The Hall–Kier alpha value is -3.01. The molecule has 0 saturated carbocycles. The number of unbranched alkanes of at least 4 members (excludes halogenated alkanes) is 1. The molecule has 2 unspecified atom stereocenters. The molecule has 2 atom stereocenters. The fourth-order valence-electron chi connectivity index (χ4n) is 3.23. The molecule has 0 fully saturated rings. The Morgan fingerprint density at radius 2 is 1.76 bits per heavy atom. The Morgan fingerprint density at radius 3 is 2.24 bits per heavy atom. The predicted octanol–water partition coefficient (Wildman–Crippen LogP) is 4.31. The fourth-order valence-corrected chi connectivity index (χ4v) is 3.23. The molecular formula is C26H39N3O4. The summed E-state index contributed by atoms with van der Waals surface area (Å²) in [6.45, 7) is 13.6. The van der Waals surface area contributed by atoms with Crippen LogP contribution in [-0.2, 0) is 14.3 Å². The van der Waals surface area contributed by atoms with E-state index < -0.39 is 29.7 Å². The van der Waals surface area contributed by atoms with Crippen LogP contribution in [0.5, 0.6) is 0 Å². The minimum atomic E-state index is -1.02. The van der Waals surface area contributed by atoms with Gasteiger partial charge in [-0.2, -0.15) is 0 Å². The third-order valence-electron chi connectivity index (χ3n) is 4.80. The second-order valence-corrected chi connectivity index (χ2v) is 9.62. The molecule has 2 N–H and O–H groups in total. The molecule has 3 amide bonds. The van der Waals surface area contributed by atoms with Crippen LogP contribution in [0.1, 0.15) is 78.0 Å². The molecule has 1 aromatic rings. The normalized spacial score (nSPS) is 12.9. The first-order valence-corrected chi connectivity index (χ1v) is 11.5. The van der Waals surface area contributed by atoms with Crippen molar-refractivity contribution in [1.82, 2.24) is 15.5 Å². The molecule has 0 aliphatic carbocycles. The molecule has 0 saturated heterocycles. The maximum atomic E-state index is 13.6. The highest BCUT2D eigenvalue weighted by Crippen LogP contribution is 2.24. The van der Waals surface area contributed by atoms with Gasteiger partial charge < -0.3 is 15.4 Å². The summed E-state index contributed by atoms with van der Waals surface area (Å²) in [5, 5.41) is 5.52. The van der Waals surface area contributed by atoms with Crippen LogP contribution in [0.15, 0.2) is 24.3 Å². The predicted molar refractivity (Wildman–Crippen MR) is 130 cm³/mol. The summed E-state index contributed by atoms with van der Waals surface area (Å²) in [6.07, 6.45) is 7.13. The lowest BCUT2D eigenvalue weighted by Crippen LogP contribution is -2.52. The van der Waals surface area contributed by atoms with E-state index in [2.05, 4.69) is 16.7 Å². The van der Waals surface area contributed by atoms with Crippen molar-refractivity contribution in [2.24, 2.45) is 5.92 Å². The number of rotatable bonds is 10. The van der Waals surface area contributed by atoms with Crippen LogP contribution in [-0.4, -0.2) is 41.0 Å². The second kappa shape index (κ2) is 12.9. The van der Waals surface area contributed by atoms with Gasteiger partial charge in [0.1, 0.15) is 17.7 Å². The zero-order chi connectivity index (χ0) is 25.2. The minimum absolute atomic E-state index is 0.0877. The van der Waals surface area contributed by atoms with Crippen molar-refractivity contribution in [3.05, 3.63) is 35.4 Å². The summed E-state index contributed by atoms with van der Waals surface area (Å²) in [4.78, 5) is 40.2. The minimum Gasteiger partial charge on any atom is -0.444 e. The van der Waals surface area contributed by atoms with Crippen LogP contribution in [0.4, 0.5) is 4.79 Å².